The molecular formula is C20H24N4O2. The summed E-state index contributed by atoms with van der Waals surface area (Å²) in [6.07, 6.45) is 0.228. The lowest BCUT2D eigenvalue weighted by atomic mass is 9.99. The van der Waals surface area contributed by atoms with E-state index in [-0.39, 0.29) is 6.42 Å². The zero-order valence-electron chi connectivity index (χ0n) is 15.5. The van der Waals surface area contributed by atoms with Crippen molar-refractivity contribution in [2.45, 2.75) is 12.5 Å². The number of hydrogen-bond acceptors (Lipinski definition) is 5. The zero-order chi connectivity index (χ0) is 19.0. The number of carboxylic acids is 1. The molecule has 1 atom stereocenters. The largest absolute Gasteiger partial charge is 0.480 e. The molecule has 2 aromatic carbocycles. The average molecular weight is 352 g/mol. The molecular weight excluding hydrogens is 328 g/mol. The van der Waals surface area contributed by atoms with E-state index < -0.39 is 12.0 Å². The SMILES string of the molecule is CN(C)c1ccc2cc3ccc(N(C)C)c(CC(N)C(=O)O)c3nc2c1. The van der Waals surface area contributed by atoms with Gasteiger partial charge in [-0.05, 0) is 24.3 Å². The van der Waals surface area contributed by atoms with Crippen molar-refractivity contribution in [3.8, 4) is 0 Å². The van der Waals surface area contributed by atoms with Crippen molar-refractivity contribution in [1.29, 1.82) is 0 Å². The molecule has 0 saturated carbocycles. The molecule has 3 aromatic rings. The van der Waals surface area contributed by atoms with Crippen molar-refractivity contribution >= 4 is 39.1 Å². The highest BCUT2D eigenvalue weighted by atomic mass is 16.4. The summed E-state index contributed by atoms with van der Waals surface area (Å²) in [5.41, 5.74) is 10.4. The van der Waals surface area contributed by atoms with Crippen LogP contribution in [0, 0.1) is 0 Å². The summed E-state index contributed by atoms with van der Waals surface area (Å²) in [4.78, 5) is 20.2. The highest BCUT2D eigenvalue weighted by Gasteiger charge is 2.19. The Morgan fingerprint density at radius 1 is 1.08 bits per heavy atom. The molecule has 3 rings (SSSR count). The molecule has 1 unspecified atom stereocenters. The van der Waals surface area contributed by atoms with Gasteiger partial charge in [-0.2, -0.15) is 0 Å². The minimum atomic E-state index is -1.01. The highest BCUT2D eigenvalue weighted by molar-refractivity contribution is 5.97. The van der Waals surface area contributed by atoms with Crippen LogP contribution in [0.3, 0.4) is 0 Å². The van der Waals surface area contributed by atoms with E-state index in [1.165, 1.54) is 0 Å². The number of hydrogen-bond donors (Lipinski definition) is 2. The van der Waals surface area contributed by atoms with E-state index in [1.54, 1.807) is 0 Å². The lowest BCUT2D eigenvalue weighted by Gasteiger charge is -2.21. The molecule has 0 aliphatic rings. The Kier molecular flexibility index (Phi) is 4.70. The summed E-state index contributed by atoms with van der Waals surface area (Å²) >= 11 is 0. The molecule has 1 aromatic heterocycles. The number of aliphatic carboxylic acids is 1. The van der Waals surface area contributed by atoms with Crippen molar-refractivity contribution in [3.05, 3.63) is 42.0 Å². The van der Waals surface area contributed by atoms with Crippen LogP contribution in [0.1, 0.15) is 5.56 Å². The van der Waals surface area contributed by atoms with Gasteiger partial charge in [-0.15, -0.1) is 0 Å². The van der Waals surface area contributed by atoms with Crippen LogP contribution in [-0.4, -0.2) is 50.3 Å². The monoisotopic (exact) mass is 352 g/mol. The summed E-state index contributed by atoms with van der Waals surface area (Å²) in [6, 6.07) is 11.3. The van der Waals surface area contributed by atoms with Gasteiger partial charge in [0.1, 0.15) is 6.04 Å². The first-order chi connectivity index (χ1) is 12.3. The van der Waals surface area contributed by atoms with Crippen LogP contribution < -0.4 is 15.5 Å². The first kappa shape index (κ1) is 17.9. The molecule has 1 heterocycles. The first-order valence-electron chi connectivity index (χ1n) is 8.47. The molecule has 3 N–H and O–H groups in total. The number of carboxylic acid groups (broad SMARTS) is 1. The average Bonchev–Trinajstić information content (AvgIpc) is 2.59. The minimum Gasteiger partial charge on any atom is -0.480 e. The van der Waals surface area contributed by atoms with Gasteiger partial charge in [-0.1, -0.05) is 12.1 Å². The number of fused-ring (bicyclic) bond motifs is 2. The lowest BCUT2D eigenvalue weighted by Crippen LogP contribution is -2.33. The quantitative estimate of drug-likeness (QED) is 0.687. The Labute approximate surface area is 152 Å². The van der Waals surface area contributed by atoms with Gasteiger partial charge in [0.05, 0.1) is 11.0 Å². The predicted molar refractivity (Wildman–Crippen MR) is 107 cm³/mol. The van der Waals surface area contributed by atoms with E-state index in [2.05, 4.69) is 18.2 Å². The van der Waals surface area contributed by atoms with Gasteiger partial charge in [-0.25, -0.2) is 4.98 Å². The number of nitrogens with two attached hydrogens (primary N) is 1. The Hall–Kier alpha value is -2.86. The van der Waals surface area contributed by atoms with Gasteiger partial charge in [0.2, 0.25) is 0 Å². The Morgan fingerprint density at radius 2 is 1.77 bits per heavy atom. The third kappa shape index (κ3) is 3.28. The fraction of sp³-hybridized carbons (Fsp3) is 0.300. The van der Waals surface area contributed by atoms with Crippen LogP contribution in [0.25, 0.3) is 21.8 Å². The summed E-state index contributed by atoms with van der Waals surface area (Å²) in [7, 11) is 7.84. The molecule has 0 bridgehead atoms. The Morgan fingerprint density at radius 3 is 2.38 bits per heavy atom. The maximum Gasteiger partial charge on any atom is 0.320 e. The van der Waals surface area contributed by atoms with Gasteiger partial charge >= 0.3 is 5.97 Å². The number of carbonyl (C=O) groups is 1. The fourth-order valence-electron chi connectivity index (χ4n) is 3.14. The van der Waals surface area contributed by atoms with Crippen LogP contribution >= 0.6 is 0 Å². The van der Waals surface area contributed by atoms with Gasteiger partial charge < -0.3 is 20.6 Å². The molecule has 0 fully saturated rings. The van der Waals surface area contributed by atoms with E-state index in [0.29, 0.717) is 0 Å². The van der Waals surface area contributed by atoms with Crippen LogP contribution in [-0.2, 0) is 11.2 Å². The number of benzene rings is 2. The van der Waals surface area contributed by atoms with E-state index in [1.807, 2.05) is 56.2 Å². The molecule has 6 heteroatoms. The molecule has 6 nitrogen and oxygen atoms in total. The summed E-state index contributed by atoms with van der Waals surface area (Å²) < 4.78 is 0. The Balaban J connectivity index is 2.27. The first-order valence-corrected chi connectivity index (χ1v) is 8.47. The van der Waals surface area contributed by atoms with Gasteiger partial charge in [0, 0.05) is 62.3 Å². The molecule has 0 saturated heterocycles. The number of aromatic nitrogens is 1. The fourth-order valence-corrected chi connectivity index (χ4v) is 3.14. The number of nitrogens with zero attached hydrogens (tertiary/aromatic N) is 3. The lowest BCUT2D eigenvalue weighted by molar-refractivity contribution is -0.138. The van der Waals surface area contributed by atoms with Gasteiger partial charge in [0.25, 0.3) is 0 Å². The van der Waals surface area contributed by atoms with E-state index in [0.717, 1.165) is 38.7 Å². The van der Waals surface area contributed by atoms with Crippen molar-refractivity contribution < 1.29 is 9.90 Å². The summed E-state index contributed by atoms with van der Waals surface area (Å²) in [6.45, 7) is 0. The second kappa shape index (κ2) is 6.80. The maximum atomic E-state index is 11.3. The highest BCUT2D eigenvalue weighted by Crippen LogP contribution is 2.31. The van der Waals surface area contributed by atoms with Crippen molar-refractivity contribution in [3.63, 3.8) is 0 Å². The summed E-state index contributed by atoms with van der Waals surface area (Å²) in [5, 5.41) is 11.3. The van der Waals surface area contributed by atoms with Crippen molar-refractivity contribution in [2.75, 3.05) is 38.0 Å². The molecule has 0 aliphatic heterocycles. The molecule has 0 aliphatic carbocycles. The van der Waals surface area contributed by atoms with Crippen LogP contribution in [0.4, 0.5) is 11.4 Å². The molecule has 136 valence electrons. The third-order valence-electron chi connectivity index (χ3n) is 4.59. The molecule has 0 spiro atoms. The third-order valence-corrected chi connectivity index (χ3v) is 4.59. The molecule has 0 radical (unpaired) electrons. The van der Waals surface area contributed by atoms with Crippen molar-refractivity contribution in [2.24, 2.45) is 5.73 Å². The number of pyridine rings is 1. The van der Waals surface area contributed by atoms with E-state index in [9.17, 15) is 9.90 Å². The van der Waals surface area contributed by atoms with E-state index in [4.69, 9.17) is 10.7 Å². The maximum absolute atomic E-state index is 11.3. The standard InChI is InChI=1S/C20H24N4O2/c1-23(2)14-7-5-12-9-13-6-8-18(24(3)4)15(11-16(21)20(25)26)19(13)22-17(12)10-14/h5-10,16H,11,21H2,1-4H3,(H,25,26). The summed E-state index contributed by atoms with van der Waals surface area (Å²) in [5.74, 6) is -1.01. The smallest absolute Gasteiger partial charge is 0.320 e. The Bertz CT molecular complexity index is 982. The topological polar surface area (TPSA) is 82.7 Å². The van der Waals surface area contributed by atoms with E-state index >= 15 is 0 Å². The van der Waals surface area contributed by atoms with Gasteiger partial charge in [-0.3, -0.25) is 4.79 Å². The van der Waals surface area contributed by atoms with Crippen LogP contribution in [0.2, 0.25) is 0 Å². The van der Waals surface area contributed by atoms with Gasteiger partial charge in [0.15, 0.2) is 0 Å². The zero-order valence-corrected chi connectivity index (χ0v) is 15.5. The van der Waals surface area contributed by atoms with Crippen LogP contribution in [0.15, 0.2) is 36.4 Å². The van der Waals surface area contributed by atoms with Crippen LogP contribution in [0.5, 0.6) is 0 Å². The molecule has 0 amide bonds. The minimum absolute atomic E-state index is 0.228. The normalized spacial score (nSPS) is 12.3. The second-order valence-corrected chi connectivity index (χ2v) is 6.94. The number of anilines is 2. The second-order valence-electron chi connectivity index (χ2n) is 6.94. The number of rotatable bonds is 5. The molecule has 26 heavy (non-hydrogen) atoms. The van der Waals surface area contributed by atoms with Crippen molar-refractivity contribution in [1.82, 2.24) is 4.98 Å². The predicted octanol–water partition coefficient (Wildman–Crippen LogP) is 2.47.